The van der Waals surface area contributed by atoms with Gasteiger partial charge in [-0.1, -0.05) is 121 Å². The quantitative estimate of drug-likeness (QED) is 0.265. The molecule has 0 radical (unpaired) electrons. The van der Waals surface area contributed by atoms with Crippen molar-refractivity contribution in [2.75, 3.05) is 14.2 Å². The Kier molecular flexibility index (Phi) is 7.36. The summed E-state index contributed by atoms with van der Waals surface area (Å²) < 4.78 is 19.5. The summed E-state index contributed by atoms with van der Waals surface area (Å²) in [5, 5.41) is 0. The van der Waals surface area contributed by atoms with Gasteiger partial charge in [0.1, 0.15) is 0 Å². The van der Waals surface area contributed by atoms with Crippen LogP contribution < -0.4 is 0 Å². The average Bonchev–Trinajstić information content (AvgIpc) is 2.90. The van der Waals surface area contributed by atoms with Crippen molar-refractivity contribution in [1.29, 1.82) is 0 Å². The van der Waals surface area contributed by atoms with Gasteiger partial charge in [0.2, 0.25) is 11.6 Å². The van der Waals surface area contributed by atoms with E-state index in [4.69, 9.17) is 14.2 Å². The molecule has 2 unspecified atom stereocenters. The normalized spacial score (nSPS) is 14.8. The van der Waals surface area contributed by atoms with E-state index in [2.05, 4.69) is 24.3 Å². The molecule has 0 aliphatic carbocycles. The van der Waals surface area contributed by atoms with Crippen LogP contribution in [-0.4, -0.2) is 14.2 Å². The third-order valence-corrected chi connectivity index (χ3v) is 5.98. The van der Waals surface area contributed by atoms with Gasteiger partial charge in [-0.05, 0) is 11.1 Å². The zero-order valence-electron chi connectivity index (χ0n) is 19.2. The summed E-state index contributed by atoms with van der Waals surface area (Å²) in [4.78, 5) is 0. The van der Waals surface area contributed by atoms with Crippen LogP contribution in [0.15, 0.2) is 121 Å². The molecule has 168 valence electrons. The predicted molar refractivity (Wildman–Crippen MR) is 132 cm³/mol. The number of hydrogen-bond acceptors (Lipinski definition) is 3. The molecule has 4 aromatic rings. The molecule has 4 rings (SSSR count). The van der Waals surface area contributed by atoms with E-state index in [1.165, 1.54) is 0 Å². The maximum Gasteiger partial charge on any atom is 0.202 e. The highest BCUT2D eigenvalue weighted by Crippen LogP contribution is 2.42. The van der Waals surface area contributed by atoms with Crippen molar-refractivity contribution in [3.63, 3.8) is 0 Å². The minimum absolute atomic E-state index is 0.529. The molecule has 2 atom stereocenters. The lowest BCUT2D eigenvalue weighted by atomic mass is 9.93. The van der Waals surface area contributed by atoms with Crippen LogP contribution in [0.5, 0.6) is 0 Å². The zero-order chi connectivity index (χ0) is 23.0. The largest absolute Gasteiger partial charge is 0.349 e. The van der Waals surface area contributed by atoms with Crippen LogP contribution in [0.1, 0.15) is 22.3 Å². The smallest absolute Gasteiger partial charge is 0.202 e. The molecule has 4 aromatic carbocycles. The Morgan fingerprint density at radius 3 is 1.06 bits per heavy atom. The van der Waals surface area contributed by atoms with Gasteiger partial charge in [0.25, 0.3) is 0 Å². The maximum absolute atomic E-state index is 7.06. The van der Waals surface area contributed by atoms with Crippen LogP contribution in [0.25, 0.3) is 0 Å². The Balaban J connectivity index is 1.85. The number of methoxy groups -OCH3 is 2. The molecule has 0 heterocycles. The van der Waals surface area contributed by atoms with Gasteiger partial charge in [0, 0.05) is 38.2 Å². The lowest BCUT2D eigenvalue weighted by molar-refractivity contribution is -0.363. The number of hydrogen-bond donors (Lipinski definition) is 0. The van der Waals surface area contributed by atoms with Crippen molar-refractivity contribution in [2.24, 2.45) is 0 Å². The van der Waals surface area contributed by atoms with Gasteiger partial charge in [-0.2, -0.15) is 0 Å². The second kappa shape index (κ2) is 10.6. The first-order valence-corrected chi connectivity index (χ1v) is 11.2. The fraction of sp³-hybridized carbons (Fsp3) is 0.200. The van der Waals surface area contributed by atoms with Crippen LogP contribution >= 0.6 is 0 Å². The topological polar surface area (TPSA) is 27.7 Å². The van der Waals surface area contributed by atoms with E-state index in [-0.39, 0.29) is 0 Å². The average molecular weight is 439 g/mol. The highest BCUT2D eigenvalue weighted by atomic mass is 16.8. The highest BCUT2D eigenvalue weighted by Gasteiger charge is 2.45. The van der Waals surface area contributed by atoms with Crippen LogP contribution in [-0.2, 0) is 38.6 Å². The maximum atomic E-state index is 7.06. The lowest BCUT2D eigenvalue weighted by Crippen LogP contribution is -2.46. The highest BCUT2D eigenvalue weighted by molar-refractivity contribution is 5.29. The molecule has 0 bridgehead atoms. The molecular weight excluding hydrogens is 408 g/mol. The summed E-state index contributed by atoms with van der Waals surface area (Å²) >= 11 is 0. The van der Waals surface area contributed by atoms with Crippen molar-refractivity contribution < 1.29 is 14.2 Å². The summed E-state index contributed by atoms with van der Waals surface area (Å²) in [5.74, 6) is -2.13. The van der Waals surface area contributed by atoms with E-state index in [1.54, 1.807) is 14.2 Å². The fourth-order valence-corrected chi connectivity index (χ4v) is 4.24. The zero-order valence-corrected chi connectivity index (χ0v) is 19.2. The summed E-state index contributed by atoms with van der Waals surface area (Å²) in [6.07, 6.45) is 1.06. The Morgan fingerprint density at radius 2 is 0.758 bits per heavy atom. The van der Waals surface area contributed by atoms with E-state index in [0.717, 1.165) is 22.3 Å². The van der Waals surface area contributed by atoms with E-state index in [1.807, 2.05) is 97.1 Å². The first-order chi connectivity index (χ1) is 16.2. The summed E-state index contributed by atoms with van der Waals surface area (Å²) in [6.45, 7) is 0. The van der Waals surface area contributed by atoms with E-state index >= 15 is 0 Å². The fourth-order valence-electron chi connectivity index (χ4n) is 4.24. The second-order valence-corrected chi connectivity index (χ2v) is 8.07. The molecule has 0 amide bonds. The van der Waals surface area contributed by atoms with Gasteiger partial charge in [0.15, 0.2) is 0 Å². The van der Waals surface area contributed by atoms with Gasteiger partial charge < -0.3 is 14.2 Å². The Hall–Kier alpha value is -3.24. The van der Waals surface area contributed by atoms with Crippen molar-refractivity contribution in [2.45, 2.75) is 24.4 Å². The molecule has 3 heteroatoms. The van der Waals surface area contributed by atoms with Crippen LogP contribution in [0.3, 0.4) is 0 Å². The van der Waals surface area contributed by atoms with E-state index < -0.39 is 11.6 Å². The van der Waals surface area contributed by atoms with E-state index in [9.17, 15) is 0 Å². The standard InChI is InChI=1S/C30H30O3/c1-31-29(27-19-11-5-12-20-27,23-25-15-7-3-8-16-25)33-30(32-2,28-21-13-6-14-22-28)24-26-17-9-4-10-18-26/h3-22H,23-24H2,1-2H3. The number of benzene rings is 4. The van der Waals surface area contributed by atoms with Gasteiger partial charge in [-0.25, -0.2) is 0 Å². The molecule has 0 fully saturated rings. The molecule has 3 nitrogen and oxygen atoms in total. The first-order valence-electron chi connectivity index (χ1n) is 11.2. The molecule has 33 heavy (non-hydrogen) atoms. The Bertz CT molecular complexity index is 1010. The predicted octanol–water partition coefficient (Wildman–Crippen LogP) is 6.49. The van der Waals surface area contributed by atoms with Crippen molar-refractivity contribution >= 4 is 0 Å². The Labute approximate surface area is 196 Å². The second-order valence-electron chi connectivity index (χ2n) is 8.07. The molecule has 0 aliphatic rings. The van der Waals surface area contributed by atoms with Crippen molar-refractivity contribution in [1.82, 2.24) is 0 Å². The molecule has 0 saturated carbocycles. The molecule has 0 saturated heterocycles. The summed E-state index contributed by atoms with van der Waals surface area (Å²) in [6, 6.07) is 40.7. The van der Waals surface area contributed by atoms with Gasteiger partial charge in [-0.3, -0.25) is 0 Å². The molecule has 0 aromatic heterocycles. The lowest BCUT2D eigenvalue weighted by Gasteiger charge is -2.43. The SMILES string of the molecule is COC(Cc1ccccc1)(OC(Cc1ccccc1)(OC)c1ccccc1)c1ccccc1. The molecule has 0 spiro atoms. The number of rotatable bonds is 10. The first kappa shape index (κ1) is 22.9. The van der Waals surface area contributed by atoms with Crippen LogP contribution in [0.4, 0.5) is 0 Å². The van der Waals surface area contributed by atoms with Crippen LogP contribution in [0, 0.1) is 0 Å². The van der Waals surface area contributed by atoms with Crippen molar-refractivity contribution in [3.05, 3.63) is 144 Å². The minimum atomic E-state index is -1.07. The molecular formula is C30H30O3. The monoisotopic (exact) mass is 438 g/mol. The van der Waals surface area contributed by atoms with E-state index in [0.29, 0.717) is 12.8 Å². The minimum Gasteiger partial charge on any atom is -0.349 e. The summed E-state index contributed by atoms with van der Waals surface area (Å²) in [5.41, 5.74) is 4.09. The van der Waals surface area contributed by atoms with Crippen LogP contribution in [0.2, 0.25) is 0 Å². The molecule has 0 N–H and O–H groups in total. The third kappa shape index (κ3) is 5.23. The van der Waals surface area contributed by atoms with Crippen molar-refractivity contribution in [3.8, 4) is 0 Å². The number of ether oxygens (including phenoxy) is 3. The van der Waals surface area contributed by atoms with Gasteiger partial charge in [0.05, 0.1) is 0 Å². The van der Waals surface area contributed by atoms with Gasteiger partial charge >= 0.3 is 0 Å². The summed E-state index contributed by atoms with van der Waals surface area (Å²) in [7, 11) is 3.40. The Morgan fingerprint density at radius 1 is 0.455 bits per heavy atom. The van der Waals surface area contributed by atoms with Gasteiger partial charge in [-0.15, -0.1) is 0 Å². The molecule has 0 aliphatic heterocycles. The third-order valence-electron chi connectivity index (χ3n) is 5.98.